The van der Waals surface area contributed by atoms with Crippen molar-refractivity contribution in [3.8, 4) is 33.9 Å². The lowest BCUT2D eigenvalue weighted by Gasteiger charge is -2.13. The number of thiophene rings is 1. The van der Waals surface area contributed by atoms with Gasteiger partial charge in [-0.15, -0.1) is 11.3 Å². The standard InChI is InChI=1S/C54H32N4S/c1-7-17-47-39(11-1)40-12-2-8-18-48(40)58(47)38-27-23-34-30-44-41-13-3-9-19-49(41)57(50(44)31-36(34)29-38)37-25-21-33(22-26-37)53-54(56-46-16-6-5-15-45(46)55-53)35-24-28-43-42-14-4-10-20-51(42)59-52(43)32-35/h1-32H. The van der Waals surface area contributed by atoms with E-state index in [4.69, 9.17) is 9.97 Å². The first-order valence-electron chi connectivity index (χ1n) is 20.0. The fraction of sp³-hybridized carbons (Fsp3) is 0. The number of rotatable bonds is 4. The van der Waals surface area contributed by atoms with Crippen LogP contribution in [0.15, 0.2) is 194 Å². The van der Waals surface area contributed by atoms with E-state index in [1.807, 2.05) is 29.5 Å². The molecule has 0 aliphatic heterocycles. The molecule has 0 unspecified atom stereocenters. The molecule has 0 radical (unpaired) electrons. The molecular weight excluding hydrogens is 737 g/mol. The van der Waals surface area contributed by atoms with Crippen molar-refractivity contribution in [2.45, 2.75) is 0 Å². The molecule has 4 aromatic heterocycles. The molecule has 0 fully saturated rings. The summed E-state index contributed by atoms with van der Waals surface area (Å²) in [6.07, 6.45) is 0. The molecule has 5 heteroatoms. The van der Waals surface area contributed by atoms with E-state index in [1.165, 1.54) is 74.6 Å². The fourth-order valence-electron chi connectivity index (χ4n) is 9.36. The van der Waals surface area contributed by atoms with Crippen LogP contribution in [0.5, 0.6) is 0 Å². The normalized spacial score (nSPS) is 12.1. The van der Waals surface area contributed by atoms with Gasteiger partial charge >= 0.3 is 0 Å². The van der Waals surface area contributed by atoms with Gasteiger partial charge in [0.25, 0.3) is 0 Å². The van der Waals surface area contributed by atoms with Crippen molar-refractivity contribution in [3.63, 3.8) is 0 Å². The maximum atomic E-state index is 5.27. The van der Waals surface area contributed by atoms with E-state index in [0.717, 1.165) is 44.9 Å². The van der Waals surface area contributed by atoms with Crippen LogP contribution >= 0.6 is 11.3 Å². The first-order valence-corrected chi connectivity index (χ1v) is 20.8. The molecule has 13 aromatic rings. The summed E-state index contributed by atoms with van der Waals surface area (Å²) in [6.45, 7) is 0. The highest BCUT2D eigenvalue weighted by Crippen LogP contribution is 2.40. The maximum absolute atomic E-state index is 5.27. The molecule has 0 N–H and O–H groups in total. The summed E-state index contributed by atoms with van der Waals surface area (Å²) in [5.41, 5.74) is 12.7. The lowest BCUT2D eigenvalue weighted by atomic mass is 10.0. The van der Waals surface area contributed by atoms with Crippen LogP contribution in [0.3, 0.4) is 0 Å². The summed E-state index contributed by atoms with van der Waals surface area (Å²) >= 11 is 1.83. The van der Waals surface area contributed by atoms with Crippen LogP contribution in [0, 0.1) is 0 Å². The van der Waals surface area contributed by atoms with E-state index >= 15 is 0 Å². The summed E-state index contributed by atoms with van der Waals surface area (Å²) in [4.78, 5) is 10.5. The summed E-state index contributed by atoms with van der Waals surface area (Å²) in [5, 5.41) is 9.99. The van der Waals surface area contributed by atoms with Gasteiger partial charge in [-0.05, 0) is 89.6 Å². The van der Waals surface area contributed by atoms with Crippen LogP contribution in [-0.2, 0) is 0 Å². The number of para-hydroxylation sites is 5. The van der Waals surface area contributed by atoms with Crippen LogP contribution in [-0.4, -0.2) is 19.1 Å². The van der Waals surface area contributed by atoms with E-state index < -0.39 is 0 Å². The Bertz CT molecular complexity index is 3800. The smallest absolute Gasteiger partial charge is 0.0973 e. The Morgan fingerprint density at radius 1 is 0.322 bits per heavy atom. The first kappa shape index (κ1) is 32.5. The van der Waals surface area contributed by atoms with E-state index in [0.29, 0.717) is 0 Å². The lowest BCUT2D eigenvalue weighted by Crippen LogP contribution is -1.97. The van der Waals surface area contributed by atoms with Gasteiger partial charge in [-0.25, -0.2) is 9.97 Å². The third-order valence-electron chi connectivity index (χ3n) is 12.1. The molecule has 59 heavy (non-hydrogen) atoms. The minimum absolute atomic E-state index is 0.876. The molecular formula is C54H32N4S. The van der Waals surface area contributed by atoms with Crippen molar-refractivity contribution >= 4 is 96.9 Å². The molecule has 13 rings (SSSR count). The van der Waals surface area contributed by atoms with Crippen molar-refractivity contribution in [3.05, 3.63) is 194 Å². The van der Waals surface area contributed by atoms with Crippen LogP contribution in [0.25, 0.3) is 119 Å². The zero-order valence-corrected chi connectivity index (χ0v) is 32.5. The molecule has 0 aliphatic rings. The van der Waals surface area contributed by atoms with Gasteiger partial charge in [0, 0.05) is 64.2 Å². The minimum atomic E-state index is 0.876. The summed E-state index contributed by atoms with van der Waals surface area (Å²) in [7, 11) is 0. The van der Waals surface area contributed by atoms with Crippen LogP contribution < -0.4 is 0 Å². The van der Waals surface area contributed by atoms with Gasteiger partial charge in [0.05, 0.1) is 44.5 Å². The van der Waals surface area contributed by atoms with E-state index in [-0.39, 0.29) is 0 Å². The summed E-state index contributed by atoms with van der Waals surface area (Å²) in [6, 6.07) is 70.2. The number of benzene rings is 9. The van der Waals surface area contributed by atoms with Crippen LogP contribution in [0.1, 0.15) is 0 Å². The Labute approximate surface area is 342 Å². The Morgan fingerprint density at radius 2 is 0.847 bits per heavy atom. The van der Waals surface area contributed by atoms with Gasteiger partial charge < -0.3 is 9.13 Å². The first-order chi connectivity index (χ1) is 29.2. The Kier molecular flexibility index (Phi) is 6.85. The quantitative estimate of drug-likeness (QED) is 0.179. The monoisotopic (exact) mass is 768 g/mol. The van der Waals surface area contributed by atoms with Crippen LogP contribution in [0.2, 0.25) is 0 Å². The average molecular weight is 769 g/mol. The summed E-state index contributed by atoms with van der Waals surface area (Å²) < 4.78 is 7.35. The van der Waals surface area contributed by atoms with Gasteiger partial charge in [-0.1, -0.05) is 115 Å². The van der Waals surface area contributed by atoms with Gasteiger partial charge in [0.1, 0.15) is 0 Å². The predicted octanol–water partition coefficient (Wildman–Crippen LogP) is 14.7. The topological polar surface area (TPSA) is 35.6 Å². The highest BCUT2D eigenvalue weighted by atomic mass is 32.1. The van der Waals surface area contributed by atoms with Crippen molar-refractivity contribution < 1.29 is 0 Å². The van der Waals surface area contributed by atoms with Gasteiger partial charge in [-0.3, -0.25) is 0 Å². The highest BCUT2D eigenvalue weighted by Gasteiger charge is 2.18. The zero-order valence-electron chi connectivity index (χ0n) is 31.7. The van der Waals surface area contributed by atoms with Gasteiger partial charge in [0.15, 0.2) is 0 Å². The molecule has 274 valence electrons. The SMILES string of the molecule is c1ccc2nc(-c3ccc4c(c3)sc3ccccc34)c(-c3ccc(-n4c5ccccc5c5cc6ccc(-n7c8ccccc8c8ccccc87)cc6cc54)cc3)nc2c1. The molecule has 0 atom stereocenters. The second kappa shape index (κ2) is 12.4. The number of fused-ring (bicyclic) bond motifs is 11. The fourth-order valence-corrected chi connectivity index (χ4v) is 10.5. The second-order valence-electron chi connectivity index (χ2n) is 15.4. The van der Waals surface area contributed by atoms with Gasteiger partial charge in [0.2, 0.25) is 0 Å². The molecule has 0 aliphatic carbocycles. The Morgan fingerprint density at radius 3 is 1.54 bits per heavy atom. The zero-order chi connectivity index (χ0) is 38.6. The molecule has 4 nitrogen and oxygen atoms in total. The maximum Gasteiger partial charge on any atom is 0.0973 e. The van der Waals surface area contributed by atoms with E-state index in [2.05, 4.69) is 185 Å². The van der Waals surface area contributed by atoms with Crippen molar-refractivity contribution in [1.82, 2.24) is 19.1 Å². The predicted molar refractivity (Wildman–Crippen MR) is 249 cm³/mol. The Hall–Kier alpha value is -7.60. The third-order valence-corrected chi connectivity index (χ3v) is 13.2. The summed E-state index contributed by atoms with van der Waals surface area (Å²) in [5.74, 6) is 0. The number of aromatic nitrogens is 4. The van der Waals surface area contributed by atoms with Gasteiger partial charge in [-0.2, -0.15) is 0 Å². The van der Waals surface area contributed by atoms with Crippen LogP contribution in [0.4, 0.5) is 0 Å². The average Bonchev–Trinajstić information content (AvgIpc) is 3.95. The molecule has 0 spiro atoms. The van der Waals surface area contributed by atoms with Crippen molar-refractivity contribution in [2.24, 2.45) is 0 Å². The molecule has 0 saturated heterocycles. The molecule has 0 bridgehead atoms. The largest absolute Gasteiger partial charge is 0.309 e. The third kappa shape index (κ3) is 4.89. The van der Waals surface area contributed by atoms with E-state index in [1.54, 1.807) is 0 Å². The number of hydrogen-bond acceptors (Lipinski definition) is 3. The molecule has 9 aromatic carbocycles. The minimum Gasteiger partial charge on any atom is -0.309 e. The molecule has 4 heterocycles. The van der Waals surface area contributed by atoms with E-state index in [9.17, 15) is 0 Å². The van der Waals surface area contributed by atoms with Crippen molar-refractivity contribution in [2.75, 3.05) is 0 Å². The Balaban J connectivity index is 0.969. The number of nitrogens with zero attached hydrogens (tertiary/aromatic N) is 4. The lowest BCUT2D eigenvalue weighted by molar-refractivity contribution is 1.18. The molecule has 0 saturated carbocycles. The highest BCUT2D eigenvalue weighted by molar-refractivity contribution is 7.25. The molecule has 0 amide bonds. The number of hydrogen-bond donors (Lipinski definition) is 0. The second-order valence-corrected chi connectivity index (χ2v) is 16.5. The van der Waals surface area contributed by atoms with Crippen molar-refractivity contribution in [1.29, 1.82) is 0 Å².